The molecule has 3 nitrogen and oxygen atoms in total. The second kappa shape index (κ2) is 9.00. The van der Waals surface area contributed by atoms with E-state index in [0.717, 1.165) is 18.5 Å². The number of aromatic nitrogens is 2. The van der Waals surface area contributed by atoms with Crippen LogP contribution in [0.2, 0.25) is 5.32 Å². The number of aryl methyl sites for hydroxylation is 2. The molecule has 0 bridgehead atoms. The van der Waals surface area contributed by atoms with Crippen molar-refractivity contribution in [1.82, 2.24) is 4.57 Å². The summed E-state index contributed by atoms with van der Waals surface area (Å²) in [7, 11) is 2.04. The van der Waals surface area contributed by atoms with Gasteiger partial charge in [-0.25, -0.2) is 0 Å². The minimum atomic E-state index is 0.158. The molecule has 0 N–H and O–H groups in total. The first kappa shape index (κ1) is 17.9. The van der Waals surface area contributed by atoms with E-state index in [1.165, 1.54) is 15.6 Å². The molecule has 3 rings (SSSR count). The fourth-order valence-electron chi connectivity index (χ4n) is 2.64. The topological polar surface area (TPSA) is 18.0 Å². The quantitative estimate of drug-likeness (QED) is 0.420. The van der Waals surface area contributed by atoms with Crippen molar-refractivity contribution in [3.8, 4) is 0 Å². The molecule has 1 heterocycles. The molecule has 0 aliphatic rings. The van der Waals surface area contributed by atoms with Gasteiger partial charge < -0.3 is 0 Å². The van der Waals surface area contributed by atoms with Crippen molar-refractivity contribution in [3.05, 3.63) is 84.4 Å². The maximum atomic E-state index is 6.29. The summed E-state index contributed by atoms with van der Waals surface area (Å²) in [6.07, 6.45) is 6.37. The van der Waals surface area contributed by atoms with Crippen LogP contribution in [0.1, 0.15) is 17.2 Å². The Hall–Kier alpha value is -1.87. The molecular weight excluding hydrogens is 375 g/mol. The molecule has 0 fully saturated rings. The van der Waals surface area contributed by atoms with E-state index in [1.54, 1.807) is 0 Å². The van der Waals surface area contributed by atoms with Gasteiger partial charge in [-0.05, 0) is 0 Å². The molecule has 0 aliphatic heterocycles. The van der Waals surface area contributed by atoms with Crippen molar-refractivity contribution >= 4 is 19.4 Å². The molecule has 0 aliphatic carbocycles. The monoisotopic (exact) mass is 401 g/mol. The van der Waals surface area contributed by atoms with Gasteiger partial charge in [-0.2, -0.15) is 0 Å². The number of hydrogen-bond donors (Lipinski definition) is 0. The molecule has 0 spiro atoms. The van der Waals surface area contributed by atoms with E-state index in [9.17, 15) is 0 Å². The van der Waals surface area contributed by atoms with Gasteiger partial charge in [0.1, 0.15) is 0 Å². The Bertz CT molecular complexity index is 768. The van der Waals surface area contributed by atoms with E-state index >= 15 is 0 Å². The Kier molecular flexibility index (Phi) is 6.46. The number of benzene rings is 2. The molecule has 2 aromatic carbocycles. The van der Waals surface area contributed by atoms with E-state index in [1.807, 2.05) is 7.05 Å². The third-order valence-electron chi connectivity index (χ3n) is 4.09. The van der Waals surface area contributed by atoms with Gasteiger partial charge in [0.05, 0.1) is 0 Å². The van der Waals surface area contributed by atoms with Crippen LogP contribution >= 0.6 is 0 Å². The Balaban J connectivity index is 1.62. The first-order valence-corrected chi connectivity index (χ1v) is 10.6. The van der Waals surface area contributed by atoms with Gasteiger partial charge in [0, 0.05) is 0 Å². The molecule has 0 amide bonds. The van der Waals surface area contributed by atoms with Crippen LogP contribution in [0.4, 0.5) is 0 Å². The third-order valence-corrected chi connectivity index (χ3v) is 6.34. The standard InChI is InChI=1S/C21H25N2OSe/c1-18-8-10-19(11-9-18)21(16-25-20-6-4-3-5-7-20)24-15-14-23-13-12-22(2)17-23/h3-13,17,21H,14-16H2,1-2H3/q+1. The summed E-state index contributed by atoms with van der Waals surface area (Å²) in [5.41, 5.74) is 2.57. The van der Waals surface area contributed by atoms with E-state index in [-0.39, 0.29) is 6.10 Å². The van der Waals surface area contributed by atoms with Crippen LogP contribution in [0.5, 0.6) is 0 Å². The van der Waals surface area contributed by atoms with Crippen molar-refractivity contribution in [1.29, 1.82) is 0 Å². The van der Waals surface area contributed by atoms with Crippen LogP contribution in [0.25, 0.3) is 0 Å². The second-order valence-electron chi connectivity index (χ2n) is 6.21. The fourth-order valence-corrected chi connectivity index (χ4v) is 4.71. The van der Waals surface area contributed by atoms with Crippen molar-refractivity contribution in [2.45, 2.75) is 24.9 Å². The first-order valence-electron chi connectivity index (χ1n) is 8.58. The van der Waals surface area contributed by atoms with E-state index in [4.69, 9.17) is 4.74 Å². The third kappa shape index (κ3) is 5.57. The van der Waals surface area contributed by atoms with Crippen molar-refractivity contribution in [2.75, 3.05) is 6.61 Å². The molecule has 1 unspecified atom stereocenters. The summed E-state index contributed by atoms with van der Waals surface area (Å²) in [6.45, 7) is 3.72. The first-order chi connectivity index (χ1) is 12.2. The van der Waals surface area contributed by atoms with Gasteiger partial charge in [0.25, 0.3) is 0 Å². The van der Waals surface area contributed by atoms with Crippen LogP contribution in [0.15, 0.2) is 73.3 Å². The van der Waals surface area contributed by atoms with Gasteiger partial charge in [-0.15, -0.1) is 0 Å². The van der Waals surface area contributed by atoms with Gasteiger partial charge in [0.2, 0.25) is 0 Å². The van der Waals surface area contributed by atoms with Crippen LogP contribution in [0, 0.1) is 6.92 Å². The zero-order chi connectivity index (χ0) is 17.5. The normalized spacial score (nSPS) is 12.2. The SMILES string of the molecule is Cc1ccc(C(C[Se]c2ccccc2)OCCn2cc[n+](C)c2)cc1. The summed E-state index contributed by atoms with van der Waals surface area (Å²) >= 11 is 0.413. The molecule has 3 aromatic rings. The summed E-state index contributed by atoms with van der Waals surface area (Å²) in [5, 5.41) is 1.06. The van der Waals surface area contributed by atoms with Crippen molar-refractivity contribution in [3.63, 3.8) is 0 Å². The summed E-state index contributed by atoms with van der Waals surface area (Å²) < 4.78 is 11.9. The summed E-state index contributed by atoms with van der Waals surface area (Å²) in [4.78, 5) is 0. The Morgan fingerprint density at radius 3 is 2.52 bits per heavy atom. The maximum absolute atomic E-state index is 6.29. The zero-order valence-electron chi connectivity index (χ0n) is 14.8. The average Bonchev–Trinajstić information content (AvgIpc) is 3.05. The number of nitrogens with zero attached hydrogens (tertiary/aromatic N) is 2. The predicted molar refractivity (Wildman–Crippen MR) is 102 cm³/mol. The molecule has 25 heavy (non-hydrogen) atoms. The Morgan fingerprint density at radius 1 is 1.08 bits per heavy atom. The number of ether oxygens (including phenoxy) is 1. The molecule has 0 radical (unpaired) electrons. The molecule has 0 saturated carbocycles. The molecule has 4 heteroatoms. The molecule has 1 aromatic heterocycles. The molecule has 0 saturated heterocycles. The van der Waals surface area contributed by atoms with Crippen LogP contribution in [0.3, 0.4) is 0 Å². The number of rotatable bonds is 8. The Morgan fingerprint density at radius 2 is 1.84 bits per heavy atom. The molecule has 1 atom stereocenters. The number of imidazole rings is 1. The average molecular weight is 400 g/mol. The minimum absolute atomic E-state index is 0.158. The van der Waals surface area contributed by atoms with Gasteiger partial charge in [-0.3, -0.25) is 0 Å². The zero-order valence-corrected chi connectivity index (χ0v) is 16.6. The van der Waals surface area contributed by atoms with Crippen LogP contribution in [-0.2, 0) is 18.3 Å². The summed E-state index contributed by atoms with van der Waals surface area (Å²) in [6, 6.07) is 19.5. The fraction of sp³-hybridized carbons (Fsp3) is 0.286. The van der Waals surface area contributed by atoms with Gasteiger partial charge in [0.15, 0.2) is 0 Å². The van der Waals surface area contributed by atoms with Crippen molar-refractivity contribution < 1.29 is 9.30 Å². The molecule has 130 valence electrons. The summed E-state index contributed by atoms with van der Waals surface area (Å²) in [5.74, 6) is 0. The van der Waals surface area contributed by atoms with Gasteiger partial charge >= 0.3 is 156 Å². The van der Waals surface area contributed by atoms with Crippen molar-refractivity contribution in [2.24, 2.45) is 7.05 Å². The molecular formula is C21H25N2OSe+. The van der Waals surface area contributed by atoms with Gasteiger partial charge in [-0.1, -0.05) is 0 Å². The van der Waals surface area contributed by atoms with E-state index < -0.39 is 0 Å². The van der Waals surface area contributed by atoms with Crippen LogP contribution < -0.4 is 9.03 Å². The van der Waals surface area contributed by atoms with Crippen LogP contribution in [-0.4, -0.2) is 26.1 Å². The number of hydrogen-bond acceptors (Lipinski definition) is 1. The van der Waals surface area contributed by atoms with E-state index in [2.05, 4.69) is 89.4 Å². The Labute approximate surface area is 156 Å². The second-order valence-corrected chi connectivity index (χ2v) is 8.51. The predicted octanol–water partition coefficient (Wildman–Crippen LogP) is 2.83. The van der Waals surface area contributed by atoms with E-state index in [0.29, 0.717) is 15.0 Å².